The standard InChI is InChI=1S/C18H36O3.C3H9N/c1-2-3-4-5-6-7-8-9-10-11-12-13-14-15-16-17(19)18(20)21;1-4(2)3/h17,19H,2-16H2,1H3,(H,20,21);1-3H3. The molecule has 0 fully saturated rings. The van der Waals surface area contributed by atoms with Crippen LogP contribution in [0.15, 0.2) is 0 Å². The summed E-state index contributed by atoms with van der Waals surface area (Å²) in [6.45, 7) is 2.26. The maximum Gasteiger partial charge on any atom is 0.332 e. The van der Waals surface area contributed by atoms with Crippen LogP contribution in [0, 0.1) is 0 Å². The van der Waals surface area contributed by atoms with E-state index in [9.17, 15) is 4.79 Å². The van der Waals surface area contributed by atoms with Gasteiger partial charge in [0, 0.05) is 0 Å². The number of aliphatic carboxylic acids is 1. The van der Waals surface area contributed by atoms with Crippen LogP contribution >= 0.6 is 0 Å². The SMILES string of the molecule is CCCCCCCCCCCCCCCCC(O)C(=O)O.CN(C)C. The Labute approximate surface area is 157 Å². The molecule has 4 nitrogen and oxygen atoms in total. The Kier molecular flexibility index (Phi) is 22.8. The molecule has 0 aromatic rings. The van der Waals surface area contributed by atoms with Crippen LogP contribution in [0.25, 0.3) is 0 Å². The van der Waals surface area contributed by atoms with Gasteiger partial charge >= 0.3 is 5.97 Å². The maximum absolute atomic E-state index is 10.4. The summed E-state index contributed by atoms with van der Waals surface area (Å²) in [7, 11) is 6.00. The highest BCUT2D eigenvalue weighted by Crippen LogP contribution is 2.13. The van der Waals surface area contributed by atoms with E-state index in [0.717, 1.165) is 12.8 Å². The predicted molar refractivity (Wildman–Crippen MR) is 108 cm³/mol. The molecule has 0 radical (unpaired) electrons. The van der Waals surface area contributed by atoms with Gasteiger partial charge in [-0.05, 0) is 27.6 Å². The lowest BCUT2D eigenvalue weighted by molar-refractivity contribution is -0.146. The van der Waals surface area contributed by atoms with E-state index in [0.29, 0.717) is 6.42 Å². The Balaban J connectivity index is 0. The highest BCUT2D eigenvalue weighted by molar-refractivity contribution is 5.71. The number of carboxylic acids is 1. The van der Waals surface area contributed by atoms with Crippen molar-refractivity contribution < 1.29 is 15.0 Å². The minimum atomic E-state index is -1.16. The monoisotopic (exact) mass is 359 g/mol. The van der Waals surface area contributed by atoms with E-state index in [1.165, 1.54) is 77.0 Å². The quantitative estimate of drug-likeness (QED) is 0.358. The summed E-state index contributed by atoms with van der Waals surface area (Å²) in [6.07, 6.45) is 17.3. The third kappa shape index (κ3) is 28.5. The first-order valence-corrected chi connectivity index (χ1v) is 10.4. The average Bonchev–Trinajstić information content (AvgIpc) is 2.54. The molecule has 0 spiro atoms. The molecule has 1 atom stereocenters. The second-order valence-electron chi connectivity index (χ2n) is 7.58. The van der Waals surface area contributed by atoms with Crippen molar-refractivity contribution in [3.05, 3.63) is 0 Å². The number of carboxylic acid groups (broad SMARTS) is 1. The Bertz CT molecular complexity index is 267. The summed E-state index contributed by atoms with van der Waals surface area (Å²) in [6, 6.07) is 0. The first kappa shape index (κ1) is 26.6. The number of aliphatic hydroxyl groups is 1. The average molecular weight is 360 g/mol. The van der Waals surface area contributed by atoms with E-state index in [-0.39, 0.29) is 0 Å². The maximum atomic E-state index is 10.4. The fourth-order valence-corrected chi connectivity index (χ4v) is 2.66. The van der Waals surface area contributed by atoms with Gasteiger partial charge in [-0.3, -0.25) is 0 Å². The van der Waals surface area contributed by atoms with Crippen LogP contribution in [0.1, 0.15) is 103 Å². The van der Waals surface area contributed by atoms with Gasteiger partial charge in [0.1, 0.15) is 0 Å². The Hall–Kier alpha value is -0.610. The number of hydrogen-bond acceptors (Lipinski definition) is 3. The lowest BCUT2D eigenvalue weighted by Gasteiger charge is -2.05. The number of hydrogen-bond donors (Lipinski definition) is 2. The smallest absolute Gasteiger partial charge is 0.332 e. The van der Waals surface area contributed by atoms with Gasteiger partial charge in [-0.25, -0.2) is 4.79 Å². The molecule has 0 saturated carbocycles. The van der Waals surface area contributed by atoms with Gasteiger partial charge in [-0.15, -0.1) is 0 Å². The van der Waals surface area contributed by atoms with Crippen LogP contribution < -0.4 is 0 Å². The van der Waals surface area contributed by atoms with E-state index in [1.807, 2.05) is 26.0 Å². The Morgan fingerprint density at radius 1 is 0.720 bits per heavy atom. The van der Waals surface area contributed by atoms with Gasteiger partial charge in [-0.2, -0.15) is 0 Å². The van der Waals surface area contributed by atoms with Gasteiger partial charge in [0.05, 0.1) is 0 Å². The molecule has 2 N–H and O–H groups in total. The number of aliphatic hydroxyl groups excluding tert-OH is 1. The Morgan fingerprint density at radius 2 is 1.00 bits per heavy atom. The van der Waals surface area contributed by atoms with Crippen LogP contribution in [0.3, 0.4) is 0 Å². The molecule has 0 heterocycles. The van der Waals surface area contributed by atoms with E-state index in [4.69, 9.17) is 10.2 Å². The summed E-state index contributed by atoms with van der Waals surface area (Å²) >= 11 is 0. The molecule has 0 aliphatic carbocycles. The highest BCUT2D eigenvalue weighted by atomic mass is 16.4. The molecule has 0 saturated heterocycles. The molecular weight excluding hydrogens is 314 g/mol. The van der Waals surface area contributed by atoms with Gasteiger partial charge < -0.3 is 15.1 Å². The molecule has 0 bridgehead atoms. The number of carbonyl (C=O) groups is 1. The second-order valence-corrected chi connectivity index (χ2v) is 7.58. The van der Waals surface area contributed by atoms with Gasteiger partial charge in [0.25, 0.3) is 0 Å². The van der Waals surface area contributed by atoms with Crippen molar-refractivity contribution in [2.45, 2.75) is 109 Å². The fraction of sp³-hybridized carbons (Fsp3) is 0.952. The topological polar surface area (TPSA) is 60.8 Å². The van der Waals surface area contributed by atoms with Crippen molar-refractivity contribution in [2.75, 3.05) is 21.1 Å². The molecular formula is C21H45NO3. The van der Waals surface area contributed by atoms with Gasteiger partial charge in [0.15, 0.2) is 6.10 Å². The lowest BCUT2D eigenvalue weighted by Crippen LogP contribution is -2.18. The summed E-state index contributed by atoms with van der Waals surface area (Å²) in [5.41, 5.74) is 0. The predicted octanol–water partition coefficient (Wildman–Crippen LogP) is 5.48. The van der Waals surface area contributed by atoms with Crippen LogP contribution in [0.5, 0.6) is 0 Å². The molecule has 1 unspecified atom stereocenters. The molecule has 0 rings (SSSR count). The molecule has 0 aromatic heterocycles. The summed E-state index contributed by atoms with van der Waals surface area (Å²) < 4.78 is 0. The van der Waals surface area contributed by atoms with Crippen molar-refractivity contribution in [3.8, 4) is 0 Å². The minimum Gasteiger partial charge on any atom is -0.479 e. The second kappa shape index (κ2) is 21.4. The zero-order chi connectivity index (χ0) is 19.3. The van der Waals surface area contributed by atoms with Crippen molar-refractivity contribution >= 4 is 5.97 Å². The highest BCUT2D eigenvalue weighted by Gasteiger charge is 2.11. The largest absolute Gasteiger partial charge is 0.479 e. The first-order valence-electron chi connectivity index (χ1n) is 10.4. The van der Waals surface area contributed by atoms with Crippen molar-refractivity contribution in [1.29, 1.82) is 0 Å². The van der Waals surface area contributed by atoms with E-state index in [2.05, 4.69) is 6.92 Å². The first-order chi connectivity index (χ1) is 11.9. The molecule has 0 aromatic carbocycles. The van der Waals surface area contributed by atoms with E-state index < -0.39 is 12.1 Å². The van der Waals surface area contributed by atoms with Gasteiger partial charge in [0.2, 0.25) is 0 Å². The molecule has 152 valence electrons. The van der Waals surface area contributed by atoms with Crippen LogP contribution in [0.4, 0.5) is 0 Å². The summed E-state index contributed by atoms with van der Waals surface area (Å²) in [4.78, 5) is 12.4. The zero-order valence-electron chi connectivity index (χ0n) is 17.4. The third-order valence-corrected chi connectivity index (χ3v) is 4.12. The number of nitrogens with zero attached hydrogens (tertiary/aromatic N) is 1. The number of rotatable bonds is 16. The van der Waals surface area contributed by atoms with Gasteiger partial charge in [-0.1, -0.05) is 96.8 Å². The van der Waals surface area contributed by atoms with E-state index >= 15 is 0 Å². The van der Waals surface area contributed by atoms with Crippen molar-refractivity contribution in [2.24, 2.45) is 0 Å². The molecule has 4 heteroatoms. The normalized spacial score (nSPS) is 11.9. The molecule has 0 amide bonds. The van der Waals surface area contributed by atoms with Crippen LogP contribution in [-0.2, 0) is 4.79 Å². The number of unbranched alkanes of at least 4 members (excludes halogenated alkanes) is 13. The molecule has 25 heavy (non-hydrogen) atoms. The van der Waals surface area contributed by atoms with E-state index in [1.54, 1.807) is 0 Å². The Morgan fingerprint density at radius 3 is 1.28 bits per heavy atom. The van der Waals surface area contributed by atoms with Crippen molar-refractivity contribution in [3.63, 3.8) is 0 Å². The molecule has 0 aliphatic heterocycles. The minimum absolute atomic E-state index is 0.396. The third-order valence-electron chi connectivity index (χ3n) is 4.12. The van der Waals surface area contributed by atoms with Crippen LogP contribution in [-0.4, -0.2) is 48.3 Å². The summed E-state index contributed by atoms with van der Waals surface area (Å²) in [5.74, 6) is -1.09. The molecule has 0 aliphatic rings. The van der Waals surface area contributed by atoms with Crippen molar-refractivity contribution in [1.82, 2.24) is 4.90 Å². The summed E-state index contributed by atoms with van der Waals surface area (Å²) in [5, 5.41) is 17.7. The fourth-order valence-electron chi connectivity index (χ4n) is 2.66. The zero-order valence-corrected chi connectivity index (χ0v) is 17.4. The van der Waals surface area contributed by atoms with Crippen LogP contribution in [0.2, 0.25) is 0 Å². The lowest BCUT2D eigenvalue weighted by atomic mass is 10.0.